The summed E-state index contributed by atoms with van der Waals surface area (Å²) < 4.78 is 21.3. The van der Waals surface area contributed by atoms with Crippen molar-refractivity contribution >= 4 is 46.6 Å². The van der Waals surface area contributed by atoms with Crippen LogP contribution in [0.2, 0.25) is 0 Å². The van der Waals surface area contributed by atoms with Crippen LogP contribution in [0.25, 0.3) is 11.1 Å². The monoisotopic (exact) mass is 792 g/mol. The molecule has 2 unspecified atom stereocenters. The summed E-state index contributed by atoms with van der Waals surface area (Å²) in [5, 5.41) is 0. The Morgan fingerprint density at radius 1 is 0.559 bits per heavy atom. The largest absolute Gasteiger partial charge is 0.462 e. The summed E-state index contributed by atoms with van der Waals surface area (Å²) in [5.74, 6) is -3.06. The van der Waals surface area contributed by atoms with Crippen LogP contribution in [0.15, 0.2) is 133 Å². The molecule has 0 saturated carbocycles. The predicted octanol–water partition coefficient (Wildman–Crippen LogP) is 9.11. The fourth-order valence-electron chi connectivity index (χ4n) is 7.21. The molecule has 2 aliphatic rings. The molecule has 6 rings (SSSR count). The van der Waals surface area contributed by atoms with Crippen LogP contribution in [0.5, 0.6) is 11.5 Å². The van der Waals surface area contributed by atoms with Crippen molar-refractivity contribution in [2.24, 2.45) is 0 Å². The summed E-state index contributed by atoms with van der Waals surface area (Å²) >= 11 is 0. The Kier molecular flexibility index (Phi) is 13.4. The lowest BCUT2D eigenvalue weighted by molar-refractivity contribution is -0.151. The van der Waals surface area contributed by atoms with E-state index in [0.29, 0.717) is 56.7 Å². The highest BCUT2D eigenvalue weighted by Gasteiger charge is 2.34. The number of fused-ring (bicyclic) bond motifs is 2. The van der Waals surface area contributed by atoms with Gasteiger partial charge in [0.25, 0.3) is 0 Å². The molecule has 0 radical (unpaired) electrons. The summed E-state index contributed by atoms with van der Waals surface area (Å²) in [7, 11) is 0. The minimum absolute atomic E-state index is 0.142. The first-order chi connectivity index (χ1) is 28.5. The average molecular weight is 793 g/mol. The minimum Gasteiger partial charge on any atom is -0.462 e. The number of carbonyl (C=O) groups is 6. The van der Waals surface area contributed by atoms with E-state index in [4.69, 9.17) is 18.9 Å². The number of Topliss-reactive ketones (excluding diaryl/α,β-unsaturated/α-hetero) is 2. The molecule has 0 fully saturated rings. The number of esters is 4. The van der Waals surface area contributed by atoms with E-state index in [0.717, 1.165) is 17.2 Å². The van der Waals surface area contributed by atoms with Crippen LogP contribution < -0.4 is 9.47 Å². The second-order valence-corrected chi connectivity index (χ2v) is 14.1. The molecule has 2 atom stereocenters. The van der Waals surface area contributed by atoms with Gasteiger partial charge in [-0.3, -0.25) is 24.0 Å². The van der Waals surface area contributed by atoms with Gasteiger partial charge in [-0.2, -0.15) is 0 Å². The van der Waals surface area contributed by atoms with Crippen molar-refractivity contribution < 1.29 is 47.7 Å². The van der Waals surface area contributed by atoms with Gasteiger partial charge in [-0.15, -0.1) is 0 Å². The van der Waals surface area contributed by atoms with Crippen LogP contribution in [0.3, 0.4) is 0 Å². The van der Waals surface area contributed by atoms with Gasteiger partial charge in [0.2, 0.25) is 0 Å². The number of allylic oxidation sites excluding steroid dienone is 6. The summed E-state index contributed by atoms with van der Waals surface area (Å²) in [6.07, 6.45) is 5.13. The number of hydrogen-bond acceptors (Lipinski definition) is 10. The van der Waals surface area contributed by atoms with E-state index >= 15 is 0 Å². The van der Waals surface area contributed by atoms with E-state index in [2.05, 4.69) is 6.58 Å². The van der Waals surface area contributed by atoms with Crippen LogP contribution >= 0.6 is 0 Å². The van der Waals surface area contributed by atoms with Gasteiger partial charge in [-0.1, -0.05) is 112 Å². The minimum atomic E-state index is -0.672. The molecule has 0 bridgehead atoms. The molecule has 59 heavy (non-hydrogen) atoms. The molecular formula is C49H44O10. The molecule has 0 spiro atoms. The molecule has 0 heterocycles. The number of benzene rings is 4. The third kappa shape index (κ3) is 9.45. The van der Waals surface area contributed by atoms with Gasteiger partial charge in [0, 0.05) is 57.7 Å². The molecule has 300 valence electrons. The lowest BCUT2D eigenvalue weighted by Gasteiger charge is -2.28. The molecule has 0 N–H and O–H groups in total. The Hall–Kier alpha value is -6.94. The number of ether oxygens (including phenoxy) is 4. The third-order valence-electron chi connectivity index (χ3n) is 10.2. The molecule has 4 aromatic rings. The van der Waals surface area contributed by atoms with Crippen molar-refractivity contribution in [2.75, 3.05) is 13.2 Å². The third-order valence-corrected chi connectivity index (χ3v) is 10.2. The Morgan fingerprint density at radius 3 is 1.44 bits per heavy atom. The second-order valence-electron chi connectivity index (χ2n) is 14.1. The van der Waals surface area contributed by atoms with Crippen LogP contribution in [-0.4, -0.2) is 48.7 Å². The zero-order chi connectivity index (χ0) is 42.1. The van der Waals surface area contributed by atoms with Gasteiger partial charge in [-0.25, -0.2) is 4.79 Å². The maximum absolute atomic E-state index is 14.4. The highest BCUT2D eigenvalue weighted by Crippen LogP contribution is 2.46. The normalized spacial score (nSPS) is 15.4. The summed E-state index contributed by atoms with van der Waals surface area (Å²) in [6.45, 7) is 8.67. The number of hydrogen-bond donors (Lipinski definition) is 0. The van der Waals surface area contributed by atoms with Crippen LogP contribution in [0.4, 0.5) is 0 Å². The molecule has 10 heteroatoms. The number of rotatable bonds is 15. The van der Waals surface area contributed by atoms with E-state index in [1.807, 2.05) is 75.4 Å². The van der Waals surface area contributed by atoms with E-state index in [1.54, 1.807) is 54.6 Å². The van der Waals surface area contributed by atoms with E-state index in [1.165, 1.54) is 0 Å². The first-order valence-electron chi connectivity index (χ1n) is 19.5. The summed E-state index contributed by atoms with van der Waals surface area (Å²) in [6, 6.07) is 28.9. The topological polar surface area (TPSA) is 139 Å². The summed E-state index contributed by atoms with van der Waals surface area (Å²) in [5.41, 5.74) is 6.11. The van der Waals surface area contributed by atoms with Crippen molar-refractivity contribution in [3.8, 4) is 11.5 Å². The summed E-state index contributed by atoms with van der Waals surface area (Å²) in [4.78, 5) is 77.6. The SMILES string of the molecule is C=CC(=O)OCCOC(=O)CCC(=O)Oc1ccccc1C(C)C1=C/C(=C2/C=C(C(C)c3ccccc3OC(=O)CCC)C(=O)c3ccccc32)c2ccccc2C1=O. The van der Waals surface area contributed by atoms with Crippen molar-refractivity contribution in [1.82, 2.24) is 0 Å². The van der Waals surface area contributed by atoms with E-state index in [9.17, 15) is 28.8 Å². The number of ketones is 2. The molecule has 0 saturated heterocycles. The lowest BCUT2D eigenvalue weighted by Crippen LogP contribution is -2.20. The van der Waals surface area contributed by atoms with Gasteiger partial charge >= 0.3 is 23.9 Å². The maximum Gasteiger partial charge on any atom is 0.330 e. The lowest BCUT2D eigenvalue weighted by atomic mass is 9.74. The number of carbonyl (C=O) groups excluding carboxylic acids is 6. The fourth-order valence-corrected chi connectivity index (χ4v) is 7.21. The Labute approximate surface area is 342 Å². The van der Waals surface area contributed by atoms with Crippen LogP contribution in [0, 0.1) is 0 Å². The van der Waals surface area contributed by atoms with Crippen molar-refractivity contribution in [3.63, 3.8) is 0 Å². The van der Waals surface area contributed by atoms with Crippen LogP contribution in [0.1, 0.15) is 101 Å². The average Bonchev–Trinajstić information content (AvgIpc) is 3.25. The van der Waals surface area contributed by atoms with Gasteiger partial charge in [0.05, 0.1) is 12.8 Å². The van der Waals surface area contributed by atoms with Crippen molar-refractivity contribution in [3.05, 3.63) is 166 Å². The second kappa shape index (κ2) is 19.0. The van der Waals surface area contributed by atoms with Crippen molar-refractivity contribution in [1.29, 1.82) is 0 Å². The molecule has 0 aliphatic heterocycles. The molecule has 0 amide bonds. The van der Waals surface area contributed by atoms with Crippen LogP contribution in [-0.2, 0) is 28.7 Å². The first-order valence-corrected chi connectivity index (χ1v) is 19.5. The molecule has 2 aliphatic carbocycles. The number of para-hydroxylation sites is 2. The van der Waals surface area contributed by atoms with E-state index < -0.39 is 29.7 Å². The first kappa shape index (κ1) is 41.7. The Morgan fingerprint density at radius 2 is 0.966 bits per heavy atom. The quantitative estimate of drug-likeness (QED) is 0.0496. The maximum atomic E-state index is 14.4. The highest BCUT2D eigenvalue weighted by atomic mass is 16.6. The zero-order valence-corrected chi connectivity index (χ0v) is 33.2. The molecular weight excluding hydrogens is 749 g/mol. The van der Waals surface area contributed by atoms with Gasteiger partial charge in [-0.05, 0) is 53.0 Å². The standard InChI is InChI=1S/C49H44O10/c1-5-15-46(52)58-42-22-13-11-16-32(42)30(3)38-28-40(34-18-7-9-20-36(34)48(38)54)41-29-39(49(55)37-21-10-8-19-35(37)41)31(4)33-17-12-14-23-43(33)59-47(53)25-24-45(51)57-27-26-56-44(50)6-2/h6-14,16-23,28-31H,2,5,15,24-27H2,1,3-4H3/b41-40+. The Balaban J connectivity index is 1.35. The molecule has 4 aromatic carbocycles. The highest BCUT2D eigenvalue weighted by molar-refractivity contribution is 6.24. The Bertz CT molecular complexity index is 2430. The van der Waals surface area contributed by atoms with Crippen molar-refractivity contribution in [2.45, 2.75) is 58.3 Å². The predicted molar refractivity (Wildman–Crippen MR) is 222 cm³/mol. The smallest absolute Gasteiger partial charge is 0.330 e. The molecule has 10 nitrogen and oxygen atoms in total. The van der Waals surface area contributed by atoms with E-state index in [-0.39, 0.29) is 55.8 Å². The molecule has 0 aromatic heterocycles. The fraction of sp³-hybridized carbons (Fsp3) is 0.224. The zero-order valence-electron chi connectivity index (χ0n) is 33.2. The van der Waals surface area contributed by atoms with Gasteiger partial charge in [0.1, 0.15) is 24.7 Å². The van der Waals surface area contributed by atoms with Gasteiger partial charge in [0.15, 0.2) is 11.6 Å². The van der Waals surface area contributed by atoms with Gasteiger partial charge < -0.3 is 18.9 Å².